The number of rotatable bonds is 7. The van der Waals surface area contributed by atoms with E-state index >= 15 is 0 Å². The average Bonchev–Trinajstić information content (AvgIpc) is 3.04. The number of ether oxygens (including phenoxy) is 2. The second-order valence-corrected chi connectivity index (χ2v) is 11.2. The lowest BCUT2D eigenvalue weighted by Crippen LogP contribution is -2.43. The van der Waals surface area contributed by atoms with Gasteiger partial charge in [0.25, 0.3) is 0 Å². The van der Waals surface area contributed by atoms with Crippen LogP contribution in [0.3, 0.4) is 0 Å². The molecule has 1 atom stereocenters. The Morgan fingerprint density at radius 1 is 1.03 bits per heavy atom. The van der Waals surface area contributed by atoms with Crippen molar-refractivity contribution in [2.75, 3.05) is 19.5 Å². The highest BCUT2D eigenvalue weighted by Gasteiger charge is 2.30. The first kappa shape index (κ1) is 22.6. The first-order valence-electron chi connectivity index (χ1n) is 9.80. The van der Waals surface area contributed by atoms with E-state index in [2.05, 4.69) is 50.4 Å². The van der Waals surface area contributed by atoms with Crippen molar-refractivity contribution in [2.45, 2.75) is 37.5 Å². The van der Waals surface area contributed by atoms with Crippen LogP contribution in [0.25, 0.3) is 11.1 Å². The second kappa shape index (κ2) is 9.79. The van der Waals surface area contributed by atoms with Gasteiger partial charge in [-0.1, -0.05) is 90.9 Å². The van der Waals surface area contributed by atoms with Crippen LogP contribution in [0.4, 0.5) is 4.79 Å². The molecule has 0 saturated heterocycles. The van der Waals surface area contributed by atoms with Gasteiger partial charge in [0.15, 0.2) is 0 Å². The van der Waals surface area contributed by atoms with E-state index in [1.165, 1.54) is 29.0 Å². The fraction of sp³-hybridized carbons (Fsp3) is 0.391. The van der Waals surface area contributed by atoms with Gasteiger partial charge in [-0.05, 0) is 22.3 Å². The number of esters is 1. The highest BCUT2D eigenvalue weighted by Crippen LogP contribution is 2.44. The number of nitrogens with one attached hydrogen (secondary N) is 1. The molecule has 2 aromatic rings. The van der Waals surface area contributed by atoms with Crippen molar-refractivity contribution in [3.63, 3.8) is 0 Å². The number of methoxy groups -OCH3 is 1. The molecule has 7 heteroatoms. The van der Waals surface area contributed by atoms with Crippen LogP contribution < -0.4 is 5.32 Å². The van der Waals surface area contributed by atoms with E-state index in [-0.39, 0.29) is 17.3 Å². The summed E-state index contributed by atoms with van der Waals surface area (Å²) in [5.74, 6) is -0.102. The van der Waals surface area contributed by atoms with Gasteiger partial charge in [0.1, 0.15) is 12.6 Å². The minimum atomic E-state index is -0.759. The summed E-state index contributed by atoms with van der Waals surface area (Å²) in [5, 5.41) is 2.66. The van der Waals surface area contributed by atoms with Gasteiger partial charge in [-0.25, -0.2) is 9.59 Å². The van der Waals surface area contributed by atoms with Crippen molar-refractivity contribution in [2.24, 2.45) is 0 Å². The van der Waals surface area contributed by atoms with Gasteiger partial charge in [-0.3, -0.25) is 0 Å². The Bertz CT molecular complexity index is 865. The third kappa shape index (κ3) is 5.52. The first-order valence-corrected chi connectivity index (χ1v) is 12.1. The zero-order valence-electron chi connectivity index (χ0n) is 17.6. The van der Waals surface area contributed by atoms with Gasteiger partial charge in [-0.15, -0.1) is 0 Å². The zero-order valence-corrected chi connectivity index (χ0v) is 19.3. The monoisotopic (exact) mass is 445 g/mol. The van der Waals surface area contributed by atoms with Crippen molar-refractivity contribution >= 4 is 33.7 Å². The zero-order chi connectivity index (χ0) is 21.7. The summed E-state index contributed by atoms with van der Waals surface area (Å²) in [7, 11) is 4.49. The Kier molecular flexibility index (Phi) is 7.36. The van der Waals surface area contributed by atoms with Gasteiger partial charge in [-0.2, -0.15) is 0 Å². The quantitative estimate of drug-likeness (QED) is 0.464. The van der Waals surface area contributed by atoms with Gasteiger partial charge in [0.05, 0.1) is 7.11 Å². The summed E-state index contributed by atoms with van der Waals surface area (Å²) in [6, 6.07) is 15.6. The summed E-state index contributed by atoms with van der Waals surface area (Å²) in [4.78, 5) is 24.5. The molecule has 2 aromatic carbocycles. The molecule has 3 rings (SSSR count). The van der Waals surface area contributed by atoms with E-state index in [0.717, 1.165) is 11.1 Å². The molecule has 0 unspecified atom stereocenters. The Labute approximate surface area is 185 Å². The third-order valence-electron chi connectivity index (χ3n) is 4.67. The summed E-state index contributed by atoms with van der Waals surface area (Å²) >= 11 is 0. The van der Waals surface area contributed by atoms with Gasteiger partial charge >= 0.3 is 12.1 Å². The highest BCUT2D eigenvalue weighted by atomic mass is 33.1. The van der Waals surface area contributed by atoms with E-state index in [4.69, 9.17) is 9.47 Å². The second-order valence-electron chi connectivity index (χ2n) is 8.03. The van der Waals surface area contributed by atoms with E-state index in [0.29, 0.717) is 5.75 Å². The number of carbonyl (C=O) groups is 2. The predicted molar refractivity (Wildman–Crippen MR) is 124 cm³/mol. The van der Waals surface area contributed by atoms with Crippen molar-refractivity contribution < 1.29 is 19.1 Å². The topological polar surface area (TPSA) is 64.6 Å². The maximum absolute atomic E-state index is 12.5. The molecule has 0 aliphatic heterocycles. The average molecular weight is 446 g/mol. The minimum absolute atomic E-state index is 0.0226. The number of fused-ring (bicyclic) bond motifs is 3. The van der Waals surface area contributed by atoms with Crippen LogP contribution in [0.15, 0.2) is 48.5 Å². The number of hydrogen-bond donors (Lipinski definition) is 1. The van der Waals surface area contributed by atoms with Gasteiger partial charge in [0.2, 0.25) is 0 Å². The number of benzene rings is 2. The fourth-order valence-electron chi connectivity index (χ4n) is 3.37. The molecule has 0 aromatic heterocycles. The molecule has 0 fully saturated rings. The largest absolute Gasteiger partial charge is 0.467 e. The van der Waals surface area contributed by atoms with Crippen LogP contribution in [0.2, 0.25) is 0 Å². The molecule has 0 heterocycles. The van der Waals surface area contributed by atoms with Crippen molar-refractivity contribution in [1.82, 2.24) is 5.32 Å². The normalized spacial score (nSPS) is 13.9. The summed E-state index contributed by atoms with van der Waals surface area (Å²) < 4.78 is 10.4. The van der Waals surface area contributed by atoms with Crippen molar-refractivity contribution in [1.29, 1.82) is 0 Å². The van der Waals surface area contributed by atoms with Gasteiger partial charge in [0, 0.05) is 16.4 Å². The maximum Gasteiger partial charge on any atom is 0.407 e. The maximum atomic E-state index is 12.5. The van der Waals surface area contributed by atoms with E-state index in [1.54, 1.807) is 10.8 Å². The van der Waals surface area contributed by atoms with Gasteiger partial charge < -0.3 is 14.8 Å². The van der Waals surface area contributed by atoms with Crippen LogP contribution in [0.5, 0.6) is 0 Å². The first-order chi connectivity index (χ1) is 14.3. The minimum Gasteiger partial charge on any atom is -0.467 e. The Hall–Kier alpha value is -2.12. The standard InChI is InChI=1S/C23H27NO4S2/c1-23(2,3)30-29-14-20(21(25)27-4)24-22(26)28-13-19-17-11-7-5-9-15(17)16-10-6-8-12-18(16)19/h5-12,19-20H,13-14H2,1-4H3,(H,24,26)/t20-/m0/s1. The molecule has 1 amide bonds. The lowest BCUT2D eigenvalue weighted by molar-refractivity contribution is -0.142. The highest BCUT2D eigenvalue weighted by molar-refractivity contribution is 8.77. The van der Waals surface area contributed by atoms with Crippen LogP contribution in [0, 0.1) is 0 Å². The molecule has 160 valence electrons. The van der Waals surface area contributed by atoms with Crippen LogP contribution in [0.1, 0.15) is 37.8 Å². The number of hydrogen-bond acceptors (Lipinski definition) is 6. The molecule has 1 aliphatic carbocycles. The van der Waals surface area contributed by atoms with Crippen molar-refractivity contribution in [3.8, 4) is 11.1 Å². The summed E-state index contributed by atoms with van der Waals surface area (Å²) in [6.07, 6.45) is -0.617. The Morgan fingerprint density at radius 3 is 2.13 bits per heavy atom. The molecule has 5 nitrogen and oxygen atoms in total. The summed E-state index contributed by atoms with van der Waals surface area (Å²) in [6.45, 7) is 6.49. The molecule has 1 N–H and O–H groups in total. The van der Waals surface area contributed by atoms with Crippen LogP contribution in [-0.2, 0) is 14.3 Å². The smallest absolute Gasteiger partial charge is 0.407 e. The lowest BCUT2D eigenvalue weighted by Gasteiger charge is -2.20. The number of carbonyl (C=O) groups excluding carboxylic acids is 2. The molecule has 0 radical (unpaired) electrons. The van der Waals surface area contributed by atoms with Crippen LogP contribution in [-0.4, -0.2) is 42.3 Å². The fourth-order valence-corrected chi connectivity index (χ4v) is 5.82. The van der Waals surface area contributed by atoms with E-state index < -0.39 is 18.1 Å². The Morgan fingerprint density at radius 2 is 1.60 bits per heavy atom. The molecule has 30 heavy (non-hydrogen) atoms. The molecule has 0 bridgehead atoms. The van der Waals surface area contributed by atoms with E-state index in [1.807, 2.05) is 24.3 Å². The number of alkyl carbamates (subject to hydrolysis) is 1. The molecule has 0 spiro atoms. The lowest BCUT2D eigenvalue weighted by atomic mass is 9.98. The Balaban J connectivity index is 1.62. The summed E-state index contributed by atoms with van der Waals surface area (Å²) in [5.41, 5.74) is 4.64. The number of amides is 1. The SMILES string of the molecule is COC(=O)[C@H](CSSC(C)(C)C)NC(=O)OCC1c2ccccc2-c2ccccc21. The molecule has 0 saturated carbocycles. The molecular weight excluding hydrogens is 418 g/mol. The predicted octanol–water partition coefficient (Wildman–Crippen LogP) is 5.25. The molecular formula is C23H27NO4S2. The molecule has 1 aliphatic rings. The third-order valence-corrected chi connectivity index (χ3v) is 8.01. The van der Waals surface area contributed by atoms with E-state index in [9.17, 15) is 9.59 Å². The van der Waals surface area contributed by atoms with Crippen LogP contribution >= 0.6 is 21.6 Å². The van der Waals surface area contributed by atoms with Crippen molar-refractivity contribution in [3.05, 3.63) is 59.7 Å².